The molecule has 0 radical (unpaired) electrons. The van der Waals surface area contributed by atoms with E-state index in [9.17, 15) is 43.5 Å². The van der Waals surface area contributed by atoms with Gasteiger partial charge in [-0.3, -0.25) is 32.5 Å². The lowest BCUT2D eigenvalue weighted by Gasteiger charge is -2.21. The van der Waals surface area contributed by atoms with Crippen LogP contribution in [0, 0.1) is 0 Å². The van der Waals surface area contributed by atoms with Gasteiger partial charge < -0.3 is 34.2 Å². The first-order chi connectivity index (χ1) is 46.2. The normalized spacial score (nSPS) is 14.6. The SMILES string of the molecule is CC/C=C\C/C=C\C/C=C\C/C=C\C/C=C\C/C=C\CCCCCCCCCCCCCCCCC(=O)OCC(O)COP(=O)(O)OCC(O)COP(=O)(O)OCC(COC(=O)CCCCCCC/C=C\C/C=C\CCC)OC(=O)CCCCCCCCCCCCCCC. The molecule has 95 heavy (non-hydrogen) atoms. The van der Waals surface area contributed by atoms with Gasteiger partial charge in [-0.05, 0) is 96.3 Å². The van der Waals surface area contributed by atoms with E-state index in [2.05, 4.69) is 118 Å². The zero-order chi connectivity index (χ0) is 69.5. The number of aliphatic hydroxyl groups is 2. The third-order valence-corrected chi connectivity index (χ3v) is 17.7. The summed E-state index contributed by atoms with van der Waals surface area (Å²) in [6, 6.07) is 0. The average molecular weight is 1380 g/mol. The molecule has 0 aliphatic heterocycles. The second kappa shape index (κ2) is 70.3. The molecule has 0 saturated heterocycles. The molecule has 0 aliphatic carbocycles. The van der Waals surface area contributed by atoms with Crippen molar-refractivity contribution in [1.29, 1.82) is 0 Å². The first-order valence-electron chi connectivity index (χ1n) is 37.5. The highest BCUT2D eigenvalue weighted by Crippen LogP contribution is 2.45. The maximum Gasteiger partial charge on any atom is 0.472 e. The number of aliphatic hydroxyl groups excluding tert-OH is 2. The largest absolute Gasteiger partial charge is 0.472 e. The van der Waals surface area contributed by atoms with Crippen LogP contribution in [0.4, 0.5) is 0 Å². The highest BCUT2D eigenvalue weighted by atomic mass is 31.2. The van der Waals surface area contributed by atoms with Gasteiger partial charge >= 0.3 is 33.6 Å². The van der Waals surface area contributed by atoms with Crippen LogP contribution in [0.1, 0.15) is 316 Å². The van der Waals surface area contributed by atoms with E-state index < -0.39 is 91.5 Å². The van der Waals surface area contributed by atoms with Crippen molar-refractivity contribution in [1.82, 2.24) is 0 Å². The van der Waals surface area contributed by atoms with Crippen molar-refractivity contribution < 1.29 is 75.8 Å². The van der Waals surface area contributed by atoms with Crippen molar-refractivity contribution >= 4 is 33.6 Å². The fourth-order valence-corrected chi connectivity index (χ4v) is 11.7. The van der Waals surface area contributed by atoms with Gasteiger partial charge in [-0.15, -0.1) is 0 Å². The minimum absolute atomic E-state index is 0.106. The van der Waals surface area contributed by atoms with Gasteiger partial charge in [0.1, 0.15) is 25.4 Å². The number of phosphoric acid groups is 2. The van der Waals surface area contributed by atoms with Crippen molar-refractivity contribution in [2.75, 3.05) is 39.6 Å². The van der Waals surface area contributed by atoms with E-state index in [1.54, 1.807) is 0 Å². The summed E-state index contributed by atoms with van der Waals surface area (Å²) in [6.45, 7) is 2.50. The number of phosphoric ester groups is 2. The number of carbonyl (C=O) groups is 3. The Hall–Kier alpha value is -3.53. The highest BCUT2D eigenvalue weighted by Gasteiger charge is 2.29. The van der Waals surface area contributed by atoms with Crippen LogP contribution in [0.3, 0.4) is 0 Å². The Morgan fingerprint density at radius 1 is 0.305 bits per heavy atom. The average Bonchev–Trinajstić information content (AvgIpc) is 2.18. The van der Waals surface area contributed by atoms with Crippen LogP contribution in [0.25, 0.3) is 0 Å². The second-order valence-electron chi connectivity index (χ2n) is 25.1. The van der Waals surface area contributed by atoms with Crippen LogP contribution >= 0.6 is 15.6 Å². The third kappa shape index (κ3) is 71.6. The van der Waals surface area contributed by atoms with Crippen molar-refractivity contribution in [3.8, 4) is 0 Å². The van der Waals surface area contributed by atoms with E-state index in [4.69, 9.17) is 32.3 Å². The quantitative estimate of drug-likeness (QED) is 0.0146. The lowest BCUT2D eigenvalue weighted by Crippen LogP contribution is -2.30. The predicted molar refractivity (Wildman–Crippen MR) is 390 cm³/mol. The van der Waals surface area contributed by atoms with Crippen molar-refractivity contribution in [2.24, 2.45) is 0 Å². The molecule has 5 unspecified atom stereocenters. The Morgan fingerprint density at radius 3 is 0.926 bits per heavy atom. The van der Waals surface area contributed by atoms with E-state index >= 15 is 0 Å². The highest BCUT2D eigenvalue weighted by molar-refractivity contribution is 7.47. The topological polar surface area (TPSA) is 231 Å². The molecular formula is C77H136O16P2. The molecule has 18 heteroatoms. The fraction of sp³-hybridized carbons (Fsp3) is 0.753. The first kappa shape index (κ1) is 91.5. The number of unbranched alkanes of at least 4 members (excludes halogenated alkanes) is 32. The molecule has 5 atom stereocenters. The molecule has 0 amide bonds. The minimum Gasteiger partial charge on any atom is -0.463 e. The number of ether oxygens (including phenoxy) is 3. The molecule has 0 spiro atoms. The van der Waals surface area contributed by atoms with E-state index in [0.717, 1.165) is 141 Å². The van der Waals surface area contributed by atoms with E-state index in [0.29, 0.717) is 19.3 Å². The second-order valence-corrected chi connectivity index (χ2v) is 28.0. The van der Waals surface area contributed by atoms with Crippen LogP contribution in [0.15, 0.2) is 97.2 Å². The molecule has 0 aromatic heterocycles. The first-order valence-corrected chi connectivity index (χ1v) is 40.5. The molecule has 0 rings (SSSR count). The summed E-state index contributed by atoms with van der Waals surface area (Å²) in [6.07, 6.45) is 79.1. The van der Waals surface area contributed by atoms with E-state index in [-0.39, 0.29) is 19.3 Å². The molecule has 550 valence electrons. The summed E-state index contributed by atoms with van der Waals surface area (Å²) in [5.41, 5.74) is 0. The number of rotatable bonds is 71. The molecule has 0 aromatic carbocycles. The summed E-state index contributed by atoms with van der Waals surface area (Å²) >= 11 is 0. The van der Waals surface area contributed by atoms with Crippen molar-refractivity contribution in [3.63, 3.8) is 0 Å². The van der Waals surface area contributed by atoms with Gasteiger partial charge in [-0.25, -0.2) is 9.13 Å². The van der Waals surface area contributed by atoms with Crippen LogP contribution in [0.2, 0.25) is 0 Å². The zero-order valence-electron chi connectivity index (χ0n) is 59.8. The van der Waals surface area contributed by atoms with E-state index in [1.807, 2.05) is 0 Å². The summed E-state index contributed by atoms with van der Waals surface area (Å²) < 4.78 is 60.9. The van der Waals surface area contributed by atoms with Gasteiger partial charge in [0.25, 0.3) is 0 Å². The lowest BCUT2D eigenvalue weighted by atomic mass is 10.0. The van der Waals surface area contributed by atoms with Crippen molar-refractivity contribution in [2.45, 2.75) is 334 Å². The molecule has 4 N–H and O–H groups in total. The standard InChI is InChI=1S/C77H136O16P2/c1-4-7-10-13-16-19-22-25-26-27-28-29-30-31-32-33-34-35-36-37-38-39-40-41-42-43-44-47-49-51-54-57-60-63-75(80)87-66-72(78)67-89-94(83,84)90-68-73(79)69-91-95(85,86)92-71-74(93-77(82)65-62-59-56-53-50-46-24-21-18-15-12-9-6-3)70-88-76(81)64-61-58-55-52-48-45-23-20-17-14-11-8-5-2/h7,10-11,14,16,19-20,23,25-26,28-29,31-32,34-35,72-74,78-79H,4-6,8-9,12-13,15,17-18,21-22,24,27,30,33,36-71H2,1-3H3,(H,83,84)(H,85,86)/b10-7-,14-11-,19-16-,23-20-,26-25-,29-28-,32-31-,35-34-. The van der Waals surface area contributed by atoms with Gasteiger partial charge in [-0.1, -0.05) is 298 Å². The molecule has 0 saturated carbocycles. The summed E-state index contributed by atoms with van der Waals surface area (Å²) in [5, 5.41) is 20.6. The number of hydrogen-bond acceptors (Lipinski definition) is 14. The number of allylic oxidation sites excluding steroid dienone is 16. The van der Waals surface area contributed by atoms with Crippen LogP contribution < -0.4 is 0 Å². The van der Waals surface area contributed by atoms with Gasteiger partial charge in [0.2, 0.25) is 0 Å². The maximum atomic E-state index is 12.9. The zero-order valence-corrected chi connectivity index (χ0v) is 61.6. The lowest BCUT2D eigenvalue weighted by molar-refractivity contribution is -0.161. The fourth-order valence-electron chi connectivity index (χ4n) is 10.1. The Labute approximate surface area is 578 Å². The molecule has 0 aromatic rings. The molecular weight excluding hydrogens is 1240 g/mol. The number of esters is 3. The number of hydrogen-bond donors (Lipinski definition) is 4. The Bertz CT molecular complexity index is 2120. The molecule has 0 bridgehead atoms. The monoisotopic (exact) mass is 1380 g/mol. The van der Waals surface area contributed by atoms with E-state index in [1.165, 1.54) is 116 Å². The summed E-state index contributed by atoms with van der Waals surface area (Å²) in [4.78, 5) is 58.4. The van der Waals surface area contributed by atoms with Crippen molar-refractivity contribution in [3.05, 3.63) is 97.2 Å². The Balaban J connectivity index is 4.34. The molecule has 0 heterocycles. The summed E-state index contributed by atoms with van der Waals surface area (Å²) in [5.74, 6) is -1.58. The van der Waals surface area contributed by atoms with Gasteiger partial charge in [0.15, 0.2) is 6.10 Å². The third-order valence-electron chi connectivity index (χ3n) is 15.8. The van der Waals surface area contributed by atoms with Gasteiger partial charge in [0, 0.05) is 19.3 Å². The van der Waals surface area contributed by atoms with Crippen LogP contribution in [0.5, 0.6) is 0 Å². The smallest absolute Gasteiger partial charge is 0.463 e. The maximum absolute atomic E-state index is 12.9. The minimum atomic E-state index is -4.92. The van der Waals surface area contributed by atoms with Gasteiger partial charge in [-0.2, -0.15) is 0 Å². The van der Waals surface area contributed by atoms with Crippen LogP contribution in [-0.4, -0.2) is 95.9 Å². The predicted octanol–water partition coefficient (Wildman–Crippen LogP) is 21.4. The van der Waals surface area contributed by atoms with Gasteiger partial charge in [0.05, 0.1) is 26.4 Å². The summed E-state index contributed by atoms with van der Waals surface area (Å²) in [7, 11) is -9.77. The molecule has 0 aliphatic rings. The van der Waals surface area contributed by atoms with Crippen LogP contribution in [-0.2, 0) is 55.8 Å². The molecule has 0 fully saturated rings. The molecule has 16 nitrogen and oxygen atoms in total. The number of carbonyl (C=O) groups excluding carboxylic acids is 3. The Kier molecular flexibility index (Phi) is 67.7. The Morgan fingerprint density at radius 2 is 0.579 bits per heavy atom.